The van der Waals surface area contributed by atoms with Gasteiger partial charge in [0, 0.05) is 4.90 Å². The van der Waals surface area contributed by atoms with E-state index in [4.69, 9.17) is 4.74 Å². The molecule has 1 N–H and O–H groups in total. The predicted molar refractivity (Wildman–Crippen MR) is 62.7 cm³/mol. The molecule has 1 amide bonds. The highest BCUT2D eigenvalue weighted by Crippen LogP contribution is 2.21. The Bertz CT molecular complexity index is 342. The minimum absolute atomic E-state index is 0. The summed E-state index contributed by atoms with van der Waals surface area (Å²) in [5.41, 5.74) is 1.09. The van der Waals surface area contributed by atoms with Crippen molar-refractivity contribution < 1.29 is 9.53 Å². The highest BCUT2D eigenvalue weighted by Gasteiger charge is 2.23. The molecule has 1 atom stereocenters. The van der Waals surface area contributed by atoms with Gasteiger partial charge in [-0.2, -0.15) is 0 Å². The first-order valence-electron chi connectivity index (χ1n) is 4.37. The highest BCUT2D eigenvalue weighted by atomic mass is 35.5. The van der Waals surface area contributed by atoms with E-state index in [-0.39, 0.29) is 24.5 Å². The Morgan fingerprint density at radius 2 is 2.07 bits per heavy atom. The number of halogens is 1. The molecule has 0 aromatic heterocycles. The Kier molecular flexibility index (Phi) is 4.29. The van der Waals surface area contributed by atoms with Gasteiger partial charge in [-0.15, -0.1) is 24.2 Å². The van der Waals surface area contributed by atoms with Gasteiger partial charge in [0.2, 0.25) is 0 Å². The summed E-state index contributed by atoms with van der Waals surface area (Å²) < 4.78 is 4.82. The zero-order valence-electron chi connectivity index (χ0n) is 8.23. The Morgan fingerprint density at radius 3 is 2.53 bits per heavy atom. The number of alkyl carbamates (subject to hydrolysis) is 1. The molecule has 1 aromatic rings. The summed E-state index contributed by atoms with van der Waals surface area (Å²) in [7, 11) is 0. The molecule has 3 nitrogen and oxygen atoms in total. The third-order valence-electron chi connectivity index (χ3n) is 2.19. The second kappa shape index (κ2) is 5.28. The molecule has 2 rings (SSSR count). The van der Waals surface area contributed by atoms with Crippen molar-refractivity contribution in [2.45, 2.75) is 10.9 Å². The lowest BCUT2D eigenvalue weighted by Crippen LogP contribution is -2.18. The van der Waals surface area contributed by atoms with E-state index < -0.39 is 0 Å². The molecular weight excluding hydrogens is 234 g/mol. The molecule has 0 unspecified atom stereocenters. The van der Waals surface area contributed by atoms with Gasteiger partial charge in [-0.3, -0.25) is 0 Å². The number of carbonyl (C=O) groups excluding carboxylic acids is 1. The summed E-state index contributed by atoms with van der Waals surface area (Å²) in [6.07, 6.45) is 1.71. The summed E-state index contributed by atoms with van der Waals surface area (Å²) in [5, 5.41) is 2.74. The number of nitrogens with one attached hydrogen (secondary N) is 1. The molecule has 1 heterocycles. The predicted octanol–water partition coefficient (Wildman–Crippen LogP) is 2.61. The van der Waals surface area contributed by atoms with Crippen LogP contribution in [0.5, 0.6) is 0 Å². The van der Waals surface area contributed by atoms with Crippen molar-refractivity contribution >= 4 is 30.3 Å². The summed E-state index contributed by atoms with van der Waals surface area (Å²) in [6.45, 7) is 0.428. The summed E-state index contributed by atoms with van der Waals surface area (Å²) in [5.74, 6) is 0. The van der Waals surface area contributed by atoms with Gasteiger partial charge in [-0.25, -0.2) is 4.79 Å². The number of thioether (sulfide) groups is 1. The van der Waals surface area contributed by atoms with Gasteiger partial charge in [0.15, 0.2) is 0 Å². The maximum Gasteiger partial charge on any atom is 0.407 e. The van der Waals surface area contributed by atoms with Crippen molar-refractivity contribution in [1.82, 2.24) is 5.32 Å². The summed E-state index contributed by atoms with van der Waals surface area (Å²) in [4.78, 5) is 12.0. The van der Waals surface area contributed by atoms with Crippen LogP contribution in [0.3, 0.4) is 0 Å². The number of hydrogen-bond acceptors (Lipinski definition) is 3. The molecule has 0 spiro atoms. The van der Waals surface area contributed by atoms with Crippen molar-refractivity contribution in [3.8, 4) is 0 Å². The van der Waals surface area contributed by atoms with Crippen molar-refractivity contribution in [2.75, 3.05) is 12.9 Å². The minimum atomic E-state index is -0.330. The van der Waals surface area contributed by atoms with E-state index in [1.165, 1.54) is 4.90 Å². The Morgan fingerprint density at radius 1 is 1.40 bits per heavy atom. The number of benzene rings is 1. The lowest BCUT2D eigenvalue weighted by molar-refractivity contribution is 0.177. The molecule has 0 radical (unpaired) electrons. The summed E-state index contributed by atoms with van der Waals surface area (Å²) in [6, 6.07) is 8.14. The van der Waals surface area contributed by atoms with E-state index in [0.717, 1.165) is 5.56 Å². The van der Waals surface area contributed by atoms with E-state index in [9.17, 15) is 4.79 Å². The topological polar surface area (TPSA) is 38.3 Å². The molecule has 5 heteroatoms. The fraction of sp³-hybridized carbons (Fsp3) is 0.300. The molecule has 0 bridgehead atoms. The number of carbonyl (C=O) groups is 1. The van der Waals surface area contributed by atoms with Gasteiger partial charge < -0.3 is 10.1 Å². The second-order valence-corrected chi connectivity index (χ2v) is 3.95. The molecular formula is C10H12ClNO2S. The molecule has 82 valence electrons. The standard InChI is InChI=1S/C10H11NO2S.ClH/c1-14-8-4-2-7(3-5-8)9-6-13-10(12)11-9;/h2-5,9H,6H2,1H3,(H,11,12);1H/t9-;/m1./s1. The largest absolute Gasteiger partial charge is 0.447 e. The average Bonchev–Trinajstić information content (AvgIpc) is 2.65. The molecule has 1 aliphatic heterocycles. The number of cyclic esters (lactones) is 1. The molecule has 0 aliphatic carbocycles. The van der Waals surface area contributed by atoms with Crippen molar-refractivity contribution in [3.05, 3.63) is 29.8 Å². The Balaban J connectivity index is 0.00000112. The van der Waals surface area contributed by atoms with Gasteiger partial charge in [0.1, 0.15) is 6.61 Å². The monoisotopic (exact) mass is 245 g/mol. The fourth-order valence-electron chi connectivity index (χ4n) is 1.40. The fourth-order valence-corrected chi connectivity index (χ4v) is 1.81. The molecule has 1 fully saturated rings. The first-order chi connectivity index (χ1) is 6.79. The van der Waals surface area contributed by atoms with Crippen LogP contribution in [-0.4, -0.2) is 19.0 Å². The SMILES string of the molecule is CSc1ccc([C@H]2COC(=O)N2)cc1.Cl. The third-order valence-corrected chi connectivity index (χ3v) is 2.93. The summed E-state index contributed by atoms with van der Waals surface area (Å²) >= 11 is 1.70. The quantitative estimate of drug-likeness (QED) is 0.814. The van der Waals surface area contributed by atoms with E-state index >= 15 is 0 Å². The number of ether oxygens (including phenoxy) is 1. The van der Waals surface area contributed by atoms with Crippen LogP contribution in [0.4, 0.5) is 4.79 Å². The zero-order valence-corrected chi connectivity index (χ0v) is 9.86. The van der Waals surface area contributed by atoms with Crippen LogP contribution < -0.4 is 5.32 Å². The molecule has 15 heavy (non-hydrogen) atoms. The second-order valence-electron chi connectivity index (χ2n) is 3.07. The molecule has 1 aliphatic rings. The number of hydrogen-bond donors (Lipinski definition) is 1. The van der Waals surface area contributed by atoms with Crippen LogP contribution in [0.15, 0.2) is 29.2 Å². The van der Waals surface area contributed by atoms with Gasteiger partial charge in [0.05, 0.1) is 6.04 Å². The first kappa shape index (κ1) is 12.2. The first-order valence-corrected chi connectivity index (χ1v) is 5.59. The lowest BCUT2D eigenvalue weighted by atomic mass is 10.1. The minimum Gasteiger partial charge on any atom is -0.447 e. The van der Waals surface area contributed by atoms with Crippen LogP contribution >= 0.6 is 24.2 Å². The van der Waals surface area contributed by atoms with Gasteiger partial charge >= 0.3 is 6.09 Å². The van der Waals surface area contributed by atoms with E-state index in [1.807, 2.05) is 30.5 Å². The smallest absolute Gasteiger partial charge is 0.407 e. The van der Waals surface area contributed by atoms with Gasteiger partial charge in [-0.1, -0.05) is 12.1 Å². The van der Waals surface area contributed by atoms with E-state index in [1.54, 1.807) is 11.8 Å². The van der Waals surface area contributed by atoms with Crippen LogP contribution in [0.25, 0.3) is 0 Å². The van der Waals surface area contributed by atoms with Crippen LogP contribution in [0, 0.1) is 0 Å². The number of amides is 1. The molecule has 1 saturated heterocycles. The van der Waals surface area contributed by atoms with E-state index in [2.05, 4.69) is 5.32 Å². The van der Waals surface area contributed by atoms with Crippen molar-refractivity contribution in [1.29, 1.82) is 0 Å². The maximum atomic E-state index is 10.8. The Labute approximate surface area is 99.0 Å². The van der Waals surface area contributed by atoms with Crippen LogP contribution in [0.1, 0.15) is 11.6 Å². The highest BCUT2D eigenvalue weighted by molar-refractivity contribution is 7.98. The van der Waals surface area contributed by atoms with Gasteiger partial charge in [-0.05, 0) is 24.0 Å². The maximum absolute atomic E-state index is 10.8. The van der Waals surface area contributed by atoms with Gasteiger partial charge in [0.25, 0.3) is 0 Å². The van der Waals surface area contributed by atoms with Crippen molar-refractivity contribution in [2.24, 2.45) is 0 Å². The normalized spacial score (nSPS) is 19.0. The van der Waals surface area contributed by atoms with E-state index in [0.29, 0.717) is 6.61 Å². The molecule has 1 aromatic carbocycles. The average molecular weight is 246 g/mol. The third kappa shape index (κ3) is 2.79. The van der Waals surface area contributed by atoms with Crippen LogP contribution in [-0.2, 0) is 4.74 Å². The Hall–Kier alpha value is -0.870. The lowest BCUT2D eigenvalue weighted by Gasteiger charge is -2.07. The number of rotatable bonds is 2. The van der Waals surface area contributed by atoms with Crippen LogP contribution in [0.2, 0.25) is 0 Å². The zero-order chi connectivity index (χ0) is 9.97. The molecule has 0 saturated carbocycles. The van der Waals surface area contributed by atoms with Crippen molar-refractivity contribution in [3.63, 3.8) is 0 Å².